The minimum Gasteiger partial charge on any atom is -0.481 e. The minimum atomic E-state index is -0.244. The molecule has 5 nitrogen and oxygen atoms in total. The first-order valence-electron chi connectivity index (χ1n) is 9.81. The van der Waals surface area contributed by atoms with Crippen LogP contribution in [-0.4, -0.2) is 30.3 Å². The molecule has 1 aromatic heterocycles. The number of nitrogens with zero attached hydrogens (tertiary/aromatic N) is 1. The lowest BCUT2D eigenvalue weighted by atomic mass is 9.86. The average Bonchev–Trinajstić information content (AvgIpc) is 3.01. The van der Waals surface area contributed by atoms with Crippen LogP contribution in [0.5, 0.6) is 5.88 Å². The van der Waals surface area contributed by atoms with Crippen molar-refractivity contribution >= 4 is 11.7 Å². The molecule has 5 heteroatoms. The second kappa shape index (κ2) is 8.55. The highest BCUT2D eigenvalue weighted by atomic mass is 16.5. The smallest absolute Gasteiger partial charge is 0.270 e. The number of Topliss-reactive ketones (excluding diaryl/α,β-unsaturated/α-hetero) is 1. The number of ether oxygens (including phenoxy) is 1. The molecular weight excluding hydrogens is 352 g/mol. The third kappa shape index (κ3) is 4.24. The summed E-state index contributed by atoms with van der Waals surface area (Å²) in [5.74, 6) is 0.463. The number of aryl methyl sites for hydroxylation is 3. The molecule has 2 atom stereocenters. The highest BCUT2D eigenvalue weighted by Crippen LogP contribution is 2.39. The summed E-state index contributed by atoms with van der Waals surface area (Å²) in [7, 11) is 1.52. The highest BCUT2D eigenvalue weighted by molar-refractivity contribution is 5.93. The van der Waals surface area contributed by atoms with E-state index in [9.17, 15) is 9.59 Å². The molecule has 2 unspecified atom stereocenters. The first kappa shape index (κ1) is 20.1. The first-order valence-corrected chi connectivity index (χ1v) is 9.81. The lowest BCUT2D eigenvalue weighted by Crippen LogP contribution is -2.28. The van der Waals surface area contributed by atoms with Crippen LogP contribution in [0.2, 0.25) is 0 Å². The number of carbonyl (C=O) groups excluding carboxylic acids is 2. The van der Waals surface area contributed by atoms with Gasteiger partial charge in [0.25, 0.3) is 5.91 Å². The largest absolute Gasteiger partial charge is 0.481 e. The van der Waals surface area contributed by atoms with Gasteiger partial charge < -0.3 is 10.1 Å². The Hall–Kier alpha value is -2.69. The quantitative estimate of drug-likeness (QED) is 0.825. The zero-order valence-corrected chi connectivity index (χ0v) is 17.0. The summed E-state index contributed by atoms with van der Waals surface area (Å²) in [5, 5.41) is 2.87. The van der Waals surface area contributed by atoms with Crippen molar-refractivity contribution in [2.24, 2.45) is 5.92 Å². The third-order valence-corrected chi connectivity index (χ3v) is 5.58. The summed E-state index contributed by atoms with van der Waals surface area (Å²) in [6.45, 7) is 6.74. The fraction of sp³-hybridized carbons (Fsp3) is 0.435. The number of hydrogen-bond donors (Lipinski definition) is 1. The van der Waals surface area contributed by atoms with E-state index in [2.05, 4.69) is 43.2 Å². The predicted molar refractivity (Wildman–Crippen MR) is 109 cm³/mol. The van der Waals surface area contributed by atoms with Gasteiger partial charge in [0.1, 0.15) is 11.5 Å². The fourth-order valence-electron chi connectivity index (χ4n) is 4.36. The molecule has 1 fully saturated rings. The lowest BCUT2D eigenvalue weighted by molar-refractivity contribution is -0.122. The van der Waals surface area contributed by atoms with E-state index in [0.717, 1.165) is 12.8 Å². The van der Waals surface area contributed by atoms with Crippen LogP contribution < -0.4 is 10.1 Å². The van der Waals surface area contributed by atoms with Crippen LogP contribution in [0.1, 0.15) is 57.9 Å². The number of methoxy groups -OCH3 is 1. The van der Waals surface area contributed by atoms with Crippen LogP contribution in [0.25, 0.3) is 0 Å². The van der Waals surface area contributed by atoms with E-state index in [-0.39, 0.29) is 17.7 Å². The molecule has 1 saturated carbocycles. The number of ketones is 1. The van der Waals surface area contributed by atoms with E-state index >= 15 is 0 Å². The Morgan fingerprint density at radius 2 is 1.89 bits per heavy atom. The lowest BCUT2D eigenvalue weighted by Gasteiger charge is -2.17. The third-order valence-electron chi connectivity index (χ3n) is 5.58. The molecule has 3 rings (SSSR count). The van der Waals surface area contributed by atoms with Crippen molar-refractivity contribution in [3.8, 4) is 5.88 Å². The van der Waals surface area contributed by atoms with Gasteiger partial charge in [0, 0.05) is 24.4 Å². The standard InChI is InChI=1S/C23H28N2O3/c1-14-12-15(2)21(16(3)13-14)18-9-8-17(22(18)26)10-11-24-23(27)19-6-5-7-20(25-19)28-4/h5-7,12-13,17-18H,8-11H2,1-4H3,(H,24,27). The van der Waals surface area contributed by atoms with Crippen molar-refractivity contribution < 1.29 is 14.3 Å². The molecule has 1 aromatic carbocycles. The van der Waals surface area contributed by atoms with Gasteiger partial charge in [0.15, 0.2) is 0 Å². The Kier molecular flexibility index (Phi) is 6.12. The molecule has 148 valence electrons. The summed E-state index contributed by atoms with van der Waals surface area (Å²) in [6, 6.07) is 9.40. The molecule has 0 bridgehead atoms. The van der Waals surface area contributed by atoms with Crippen LogP contribution in [0, 0.1) is 26.7 Å². The first-order chi connectivity index (χ1) is 13.4. The van der Waals surface area contributed by atoms with Crippen molar-refractivity contribution in [3.05, 3.63) is 58.3 Å². The van der Waals surface area contributed by atoms with Crippen molar-refractivity contribution in [1.82, 2.24) is 10.3 Å². The SMILES string of the molecule is COc1cccc(C(=O)NCCC2CCC(c3c(C)cc(C)cc3C)C2=O)n1. The summed E-state index contributed by atoms with van der Waals surface area (Å²) in [5.41, 5.74) is 5.15. The van der Waals surface area contributed by atoms with Gasteiger partial charge in [-0.25, -0.2) is 4.98 Å². The molecule has 1 aliphatic carbocycles. The van der Waals surface area contributed by atoms with E-state index in [4.69, 9.17) is 4.74 Å². The molecule has 0 aliphatic heterocycles. The van der Waals surface area contributed by atoms with Crippen molar-refractivity contribution in [3.63, 3.8) is 0 Å². The van der Waals surface area contributed by atoms with Crippen molar-refractivity contribution in [1.29, 1.82) is 0 Å². The van der Waals surface area contributed by atoms with Crippen molar-refractivity contribution in [2.75, 3.05) is 13.7 Å². The Bertz CT molecular complexity index is 868. The number of amides is 1. The molecule has 0 radical (unpaired) electrons. The Morgan fingerprint density at radius 3 is 2.57 bits per heavy atom. The van der Waals surface area contributed by atoms with E-state index in [1.165, 1.54) is 29.4 Å². The fourth-order valence-corrected chi connectivity index (χ4v) is 4.36. The summed E-state index contributed by atoms with van der Waals surface area (Å²) < 4.78 is 5.05. The molecule has 2 aromatic rings. The van der Waals surface area contributed by atoms with E-state index in [0.29, 0.717) is 30.3 Å². The van der Waals surface area contributed by atoms with Gasteiger partial charge in [0.2, 0.25) is 5.88 Å². The summed E-state index contributed by atoms with van der Waals surface area (Å²) >= 11 is 0. The number of nitrogens with one attached hydrogen (secondary N) is 1. The van der Waals surface area contributed by atoms with Crippen molar-refractivity contribution in [2.45, 2.75) is 46.0 Å². The van der Waals surface area contributed by atoms with E-state index in [1.807, 2.05) is 0 Å². The number of pyridine rings is 1. The second-order valence-corrected chi connectivity index (χ2v) is 7.65. The maximum Gasteiger partial charge on any atom is 0.270 e. The molecule has 0 spiro atoms. The Morgan fingerprint density at radius 1 is 1.18 bits per heavy atom. The minimum absolute atomic E-state index is 0.00340. The zero-order chi connectivity index (χ0) is 20.3. The van der Waals surface area contributed by atoms with Gasteiger partial charge in [-0.05, 0) is 62.8 Å². The highest BCUT2D eigenvalue weighted by Gasteiger charge is 2.36. The van der Waals surface area contributed by atoms with Gasteiger partial charge >= 0.3 is 0 Å². The van der Waals surface area contributed by atoms with E-state index < -0.39 is 0 Å². The maximum atomic E-state index is 13.0. The van der Waals surface area contributed by atoms with Gasteiger partial charge in [-0.3, -0.25) is 9.59 Å². The van der Waals surface area contributed by atoms with Gasteiger partial charge in [-0.15, -0.1) is 0 Å². The molecule has 28 heavy (non-hydrogen) atoms. The molecule has 1 N–H and O–H groups in total. The number of benzene rings is 1. The van der Waals surface area contributed by atoms with Gasteiger partial charge in [-0.2, -0.15) is 0 Å². The van der Waals surface area contributed by atoms with Gasteiger partial charge in [0.05, 0.1) is 7.11 Å². The Balaban J connectivity index is 1.58. The molecule has 1 heterocycles. The normalized spacial score (nSPS) is 18.9. The predicted octanol–water partition coefficient (Wildman–Crippen LogP) is 3.90. The molecule has 1 amide bonds. The van der Waals surface area contributed by atoms with Crippen LogP contribution in [0.3, 0.4) is 0 Å². The second-order valence-electron chi connectivity index (χ2n) is 7.65. The Labute approximate surface area is 166 Å². The number of hydrogen-bond acceptors (Lipinski definition) is 4. The number of carbonyl (C=O) groups is 2. The molecule has 1 aliphatic rings. The number of rotatable bonds is 6. The average molecular weight is 380 g/mol. The van der Waals surface area contributed by atoms with Gasteiger partial charge in [-0.1, -0.05) is 23.8 Å². The summed E-state index contributed by atoms with van der Waals surface area (Å²) in [4.78, 5) is 29.4. The summed E-state index contributed by atoms with van der Waals surface area (Å²) in [6.07, 6.45) is 2.43. The zero-order valence-electron chi connectivity index (χ0n) is 17.0. The van der Waals surface area contributed by atoms with Crippen LogP contribution >= 0.6 is 0 Å². The topological polar surface area (TPSA) is 68.3 Å². The molecule has 0 saturated heterocycles. The maximum absolute atomic E-state index is 13.0. The number of aromatic nitrogens is 1. The van der Waals surface area contributed by atoms with Crippen LogP contribution in [0.15, 0.2) is 30.3 Å². The monoisotopic (exact) mass is 380 g/mol. The van der Waals surface area contributed by atoms with Crippen LogP contribution in [-0.2, 0) is 4.79 Å². The van der Waals surface area contributed by atoms with E-state index in [1.54, 1.807) is 18.2 Å². The van der Waals surface area contributed by atoms with Crippen LogP contribution in [0.4, 0.5) is 0 Å². The molecular formula is C23H28N2O3.